The van der Waals surface area contributed by atoms with E-state index in [0.717, 1.165) is 6.42 Å². The molecule has 7 nitrogen and oxygen atoms in total. The molecule has 2 rings (SSSR count). The lowest BCUT2D eigenvalue weighted by Gasteiger charge is -2.11. The number of aryl methyl sites for hydroxylation is 1. The maximum atomic E-state index is 12.2. The van der Waals surface area contributed by atoms with Crippen LogP contribution in [0, 0.1) is 24.0 Å². The van der Waals surface area contributed by atoms with Crippen molar-refractivity contribution in [1.29, 1.82) is 0 Å². The summed E-state index contributed by atoms with van der Waals surface area (Å²) in [5.41, 5.74) is 2.57. The molecular formula is C17H22N4O3. The summed E-state index contributed by atoms with van der Waals surface area (Å²) in [6, 6.07) is 7.72. The average Bonchev–Trinajstić information content (AvgIpc) is 2.81. The zero-order valence-corrected chi connectivity index (χ0v) is 14.4. The number of rotatable bonds is 6. The van der Waals surface area contributed by atoms with Crippen LogP contribution in [-0.4, -0.2) is 20.6 Å². The van der Waals surface area contributed by atoms with Crippen LogP contribution in [0.5, 0.6) is 0 Å². The van der Waals surface area contributed by atoms with Gasteiger partial charge in [0.15, 0.2) is 0 Å². The van der Waals surface area contributed by atoms with Gasteiger partial charge in [0.05, 0.1) is 4.92 Å². The van der Waals surface area contributed by atoms with Crippen molar-refractivity contribution in [3.05, 3.63) is 51.3 Å². The fraction of sp³-hybridized carbons (Fsp3) is 0.412. The molecule has 1 aromatic heterocycles. The second kappa shape index (κ2) is 7.25. The Morgan fingerprint density at radius 2 is 1.96 bits per heavy atom. The molecule has 0 saturated heterocycles. The van der Waals surface area contributed by atoms with Crippen LogP contribution < -0.4 is 5.32 Å². The van der Waals surface area contributed by atoms with Crippen LogP contribution in [-0.2, 0) is 11.3 Å². The van der Waals surface area contributed by atoms with Gasteiger partial charge in [-0.05, 0) is 43.9 Å². The van der Waals surface area contributed by atoms with Crippen molar-refractivity contribution in [1.82, 2.24) is 9.78 Å². The average molecular weight is 330 g/mol. The Morgan fingerprint density at radius 1 is 1.33 bits per heavy atom. The van der Waals surface area contributed by atoms with Crippen LogP contribution in [0.2, 0.25) is 0 Å². The monoisotopic (exact) mass is 330 g/mol. The summed E-state index contributed by atoms with van der Waals surface area (Å²) in [5, 5.41) is 17.9. The van der Waals surface area contributed by atoms with Crippen molar-refractivity contribution < 1.29 is 9.72 Å². The van der Waals surface area contributed by atoms with E-state index in [4.69, 9.17) is 0 Å². The largest absolute Gasteiger partial charge is 0.324 e. The van der Waals surface area contributed by atoms with Gasteiger partial charge in [-0.1, -0.05) is 26.0 Å². The van der Waals surface area contributed by atoms with Crippen LogP contribution in [0.4, 0.5) is 11.4 Å². The van der Waals surface area contributed by atoms with Crippen LogP contribution in [0.1, 0.15) is 43.1 Å². The number of hydrogen-bond donors (Lipinski definition) is 1. The van der Waals surface area contributed by atoms with Crippen molar-refractivity contribution in [2.45, 2.75) is 46.6 Å². The van der Waals surface area contributed by atoms with Gasteiger partial charge in [0.25, 0.3) is 0 Å². The van der Waals surface area contributed by atoms with E-state index in [1.807, 2.05) is 24.3 Å². The molecule has 1 heterocycles. The summed E-state index contributed by atoms with van der Waals surface area (Å²) < 4.78 is 1.36. The minimum Gasteiger partial charge on any atom is -0.324 e. The molecule has 128 valence electrons. The van der Waals surface area contributed by atoms with Gasteiger partial charge in [-0.15, -0.1) is 0 Å². The quantitative estimate of drug-likeness (QED) is 0.647. The Labute approximate surface area is 140 Å². The molecule has 7 heteroatoms. The lowest BCUT2D eigenvalue weighted by atomic mass is 9.99. The zero-order valence-electron chi connectivity index (χ0n) is 14.4. The number of nitrogens with one attached hydrogen (secondary N) is 1. The Kier molecular flexibility index (Phi) is 5.33. The molecule has 0 bridgehead atoms. The topological polar surface area (TPSA) is 90.1 Å². The van der Waals surface area contributed by atoms with E-state index >= 15 is 0 Å². The molecule has 0 fully saturated rings. The summed E-state index contributed by atoms with van der Waals surface area (Å²) >= 11 is 0. The first-order valence-corrected chi connectivity index (χ1v) is 7.91. The zero-order chi connectivity index (χ0) is 17.9. The maximum absolute atomic E-state index is 12.2. The summed E-state index contributed by atoms with van der Waals surface area (Å²) in [6.45, 7) is 7.38. The third kappa shape index (κ3) is 3.79. The number of hydrogen-bond acceptors (Lipinski definition) is 4. The van der Waals surface area contributed by atoms with Gasteiger partial charge in [-0.25, -0.2) is 0 Å². The fourth-order valence-electron chi connectivity index (χ4n) is 2.57. The Hall–Kier alpha value is -2.70. The number of nitro groups is 1. The second-order valence-corrected chi connectivity index (χ2v) is 5.91. The van der Waals surface area contributed by atoms with Crippen LogP contribution >= 0.6 is 0 Å². The van der Waals surface area contributed by atoms with E-state index in [1.165, 1.54) is 10.2 Å². The second-order valence-electron chi connectivity index (χ2n) is 5.91. The molecule has 1 amide bonds. The normalized spacial score (nSPS) is 12.0. The van der Waals surface area contributed by atoms with Crippen molar-refractivity contribution >= 4 is 17.3 Å². The SMILES string of the molecule is CC[C@@H](C)c1ccc(NC(=O)Cn2nc(C)c([N+](=O)[O-])c2C)cc1. The molecule has 0 spiro atoms. The highest BCUT2D eigenvalue weighted by molar-refractivity contribution is 5.90. The smallest absolute Gasteiger partial charge is 0.312 e. The number of anilines is 1. The third-order valence-corrected chi connectivity index (χ3v) is 4.20. The standard InChI is InChI=1S/C17H22N4O3/c1-5-11(2)14-6-8-15(9-7-14)18-16(22)10-20-13(4)17(21(23)24)12(3)19-20/h6-9,11H,5,10H2,1-4H3,(H,18,22)/t11-/m1/s1. The van der Waals surface area contributed by atoms with E-state index < -0.39 is 4.92 Å². The highest BCUT2D eigenvalue weighted by atomic mass is 16.6. The number of nitrogens with zero attached hydrogens (tertiary/aromatic N) is 3. The molecule has 0 aliphatic heterocycles. The van der Waals surface area contributed by atoms with Gasteiger partial charge in [-0.3, -0.25) is 19.6 Å². The minimum atomic E-state index is -0.473. The van der Waals surface area contributed by atoms with Crippen molar-refractivity contribution in [3.63, 3.8) is 0 Å². The van der Waals surface area contributed by atoms with Crippen LogP contribution in [0.3, 0.4) is 0 Å². The summed E-state index contributed by atoms with van der Waals surface area (Å²) in [7, 11) is 0. The molecule has 0 saturated carbocycles. The lowest BCUT2D eigenvalue weighted by Crippen LogP contribution is -2.20. The summed E-state index contributed by atoms with van der Waals surface area (Å²) in [4.78, 5) is 22.7. The molecule has 1 N–H and O–H groups in total. The van der Waals surface area contributed by atoms with Crippen LogP contribution in [0.15, 0.2) is 24.3 Å². The van der Waals surface area contributed by atoms with E-state index in [2.05, 4.69) is 24.3 Å². The predicted octanol–water partition coefficient (Wildman–Crippen LogP) is 3.56. The van der Waals surface area contributed by atoms with Crippen molar-refractivity contribution in [2.75, 3.05) is 5.32 Å². The van der Waals surface area contributed by atoms with E-state index in [-0.39, 0.29) is 18.1 Å². The van der Waals surface area contributed by atoms with Gasteiger partial charge in [0, 0.05) is 5.69 Å². The van der Waals surface area contributed by atoms with Crippen LogP contribution in [0.25, 0.3) is 0 Å². The highest BCUT2D eigenvalue weighted by Gasteiger charge is 2.22. The van der Waals surface area contributed by atoms with Gasteiger partial charge in [0.1, 0.15) is 17.9 Å². The van der Waals surface area contributed by atoms with E-state index in [1.54, 1.807) is 13.8 Å². The summed E-state index contributed by atoms with van der Waals surface area (Å²) in [5.74, 6) is 0.205. The number of carbonyl (C=O) groups excluding carboxylic acids is 1. The molecule has 1 atom stereocenters. The van der Waals surface area contributed by atoms with Gasteiger partial charge >= 0.3 is 5.69 Å². The Morgan fingerprint density at radius 3 is 2.46 bits per heavy atom. The molecule has 24 heavy (non-hydrogen) atoms. The molecule has 0 radical (unpaired) electrons. The predicted molar refractivity (Wildman–Crippen MR) is 92.1 cm³/mol. The molecule has 0 unspecified atom stereocenters. The first-order valence-electron chi connectivity index (χ1n) is 7.91. The van der Waals surface area contributed by atoms with Crippen molar-refractivity contribution in [3.8, 4) is 0 Å². The molecule has 0 aliphatic rings. The number of benzene rings is 1. The molecule has 2 aromatic rings. The Bertz CT molecular complexity index is 750. The third-order valence-electron chi connectivity index (χ3n) is 4.20. The Balaban J connectivity index is 2.06. The first-order chi connectivity index (χ1) is 11.3. The summed E-state index contributed by atoms with van der Waals surface area (Å²) in [6.07, 6.45) is 1.06. The van der Waals surface area contributed by atoms with E-state index in [0.29, 0.717) is 23.0 Å². The van der Waals surface area contributed by atoms with Gasteiger partial charge in [-0.2, -0.15) is 5.10 Å². The number of amides is 1. The number of aromatic nitrogens is 2. The molecular weight excluding hydrogens is 308 g/mol. The highest BCUT2D eigenvalue weighted by Crippen LogP contribution is 2.22. The maximum Gasteiger partial charge on any atom is 0.312 e. The molecule has 1 aromatic carbocycles. The van der Waals surface area contributed by atoms with Gasteiger partial charge < -0.3 is 5.32 Å². The first kappa shape index (κ1) is 17.7. The van der Waals surface area contributed by atoms with E-state index in [9.17, 15) is 14.9 Å². The van der Waals surface area contributed by atoms with Gasteiger partial charge in [0.2, 0.25) is 5.91 Å². The lowest BCUT2D eigenvalue weighted by molar-refractivity contribution is -0.386. The molecule has 0 aliphatic carbocycles. The minimum absolute atomic E-state index is 0.0410. The fourth-order valence-corrected chi connectivity index (χ4v) is 2.57. The van der Waals surface area contributed by atoms with Crippen molar-refractivity contribution in [2.24, 2.45) is 0 Å². The number of carbonyl (C=O) groups is 1.